The van der Waals surface area contributed by atoms with E-state index < -0.39 is 12.7 Å². The van der Waals surface area contributed by atoms with Gasteiger partial charge >= 0.3 is 6.18 Å². The van der Waals surface area contributed by atoms with E-state index in [0.717, 1.165) is 26.9 Å². The molecule has 0 saturated carbocycles. The summed E-state index contributed by atoms with van der Waals surface area (Å²) in [5.74, 6) is 0.684. The Balaban J connectivity index is 1.64. The average molecular weight is 460 g/mol. The van der Waals surface area contributed by atoms with Gasteiger partial charge in [-0.05, 0) is 49.6 Å². The minimum atomic E-state index is -4.39. The van der Waals surface area contributed by atoms with Crippen LogP contribution in [0.2, 0.25) is 0 Å². The summed E-state index contributed by atoms with van der Waals surface area (Å²) >= 11 is 0. The number of rotatable bonds is 7. The fourth-order valence-electron chi connectivity index (χ4n) is 3.90. The maximum absolute atomic E-state index is 13.0. The number of carbonyl (C=O) groups excluding carboxylic acids is 1. The first-order valence-electron chi connectivity index (χ1n) is 10.5. The molecule has 0 saturated heterocycles. The molecule has 0 unspecified atom stereocenters. The molecule has 1 aromatic carbocycles. The predicted octanol–water partition coefficient (Wildman–Crippen LogP) is 4.77. The molecule has 7 nitrogen and oxygen atoms in total. The van der Waals surface area contributed by atoms with Gasteiger partial charge in [0.1, 0.15) is 6.54 Å². The van der Waals surface area contributed by atoms with Gasteiger partial charge in [0, 0.05) is 23.5 Å². The molecule has 1 aliphatic rings. The van der Waals surface area contributed by atoms with Crippen molar-refractivity contribution in [1.82, 2.24) is 14.8 Å². The average Bonchev–Trinajstić information content (AvgIpc) is 3.32. The Morgan fingerprint density at radius 3 is 2.52 bits per heavy atom. The summed E-state index contributed by atoms with van der Waals surface area (Å²) in [6, 6.07) is 5.63. The summed E-state index contributed by atoms with van der Waals surface area (Å²) in [7, 11) is 0. The molecule has 3 aromatic rings. The normalized spacial score (nSPS) is 13.4. The van der Waals surface area contributed by atoms with Gasteiger partial charge in [-0.15, -0.1) is 0 Å². The van der Waals surface area contributed by atoms with Crippen LogP contribution >= 0.6 is 0 Å². The minimum absolute atomic E-state index is 0.239. The van der Waals surface area contributed by atoms with Crippen molar-refractivity contribution in [3.8, 4) is 22.8 Å². The van der Waals surface area contributed by atoms with Gasteiger partial charge in [-0.3, -0.25) is 9.48 Å². The van der Waals surface area contributed by atoms with Gasteiger partial charge < -0.3 is 14.4 Å². The molecule has 4 rings (SSSR count). The van der Waals surface area contributed by atoms with Gasteiger partial charge in [0.25, 0.3) is 11.8 Å². The Morgan fingerprint density at radius 1 is 1.06 bits per heavy atom. The van der Waals surface area contributed by atoms with Crippen LogP contribution in [-0.2, 0) is 13.1 Å². The molecule has 0 aliphatic carbocycles. The molecular weight excluding hydrogens is 437 g/mol. The molecule has 33 heavy (non-hydrogen) atoms. The Bertz CT molecular complexity index is 1190. The lowest BCUT2D eigenvalue weighted by atomic mass is 9.97. The number of hydrogen-bond acceptors (Lipinski definition) is 5. The molecule has 0 fully saturated rings. The molecule has 0 bridgehead atoms. The summed E-state index contributed by atoms with van der Waals surface area (Å²) in [5, 5.41) is 3.75. The molecule has 1 aliphatic heterocycles. The zero-order chi connectivity index (χ0) is 23.8. The molecule has 2 aromatic heterocycles. The number of amides is 1. The van der Waals surface area contributed by atoms with Crippen molar-refractivity contribution in [2.24, 2.45) is 0 Å². The molecule has 174 valence electrons. The van der Waals surface area contributed by atoms with Gasteiger partial charge in [-0.1, -0.05) is 6.07 Å². The lowest BCUT2D eigenvalue weighted by Crippen LogP contribution is -2.23. The van der Waals surface area contributed by atoms with Crippen molar-refractivity contribution in [2.75, 3.05) is 18.1 Å². The number of fused-ring (bicyclic) bond motifs is 1. The molecule has 10 heteroatoms. The first-order chi connectivity index (χ1) is 15.7. The van der Waals surface area contributed by atoms with Gasteiger partial charge in [0.15, 0.2) is 5.75 Å². The van der Waals surface area contributed by atoms with Crippen LogP contribution in [-0.4, -0.2) is 40.1 Å². The number of halogens is 3. The monoisotopic (exact) mass is 460 g/mol. The second-order valence-corrected chi connectivity index (χ2v) is 7.62. The Morgan fingerprint density at radius 2 is 1.82 bits per heavy atom. The molecule has 1 amide bonds. The molecule has 0 atom stereocenters. The van der Waals surface area contributed by atoms with Crippen LogP contribution < -0.4 is 14.4 Å². The number of ether oxygens (including phenoxy) is 2. The van der Waals surface area contributed by atoms with E-state index >= 15 is 0 Å². The van der Waals surface area contributed by atoms with Crippen LogP contribution in [0.3, 0.4) is 0 Å². The second kappa shape index (κ2) is 8.76. The van der Waals surface area contributed by atoms with Crippen LogP contribution in [0, 0.1) is 6.92 Å². The van der Waals surface area contributed by atoms with Crippen LogP contribution in [0.4, 0.5) is 18.9 Å². The fourth-order valence-corrected chi connectivity index (χ4v) is 3.90. The first kappa shape index (κ1) is 22.6. The molecular formula is C23H23F3N4O3. The summed E-state index contributed by atoms with van der Waals surface area (Å²) in [6.07, 6.45) is -0.196. The maximum atomic E-state index is 13.0. The van der Waals surface area contributed by atoms with Crippen molar-refractivity contribution in [2.45, 2.75) is 40.0 Å². The van der Waals surface area contributed by atoms with Gasteiger partial charge in [-0.2, -0.15) is 18.3 Å². The third-order valence-corrected chi connectivity index (χ3v) is 5.21. The Kier molecular flexibility index (Phi) is 6.01. The SMILES string of the molecule is CCOc1cc(-c2cc(C)c3c(c2)CN(c2cnn(CC(F)(F)F)c2)C3=O)cnc1OCC. The summed E-state index contributed by atoms with van der Waals surface area (Å²) in [6.45, 7) is 5.52. The number of alkyl halides is 3. The number of aryl methyl sites for hydroxylation is 1. The van der Waals surface area contributed by atoms with E-state index in [4.69, 9.17) is 9.47 Å². The standard InChI is InChI=1S/C23H23F3N4O3/c1-4-32-19-8-16(9-27-21(19)33-5-2)15-6-14(3)20-17(7-15)11-30(22(20)31)18-10-28-29(12-18)13-23(24,25)26/h6-10,12H,4-5,11,13H2,1-3H3. The van der Waals surface area contributed by atoms with Crippen molar-refractivity contribution in [3.05, 3.63) is 53.5 Å². The van der Waals surface area contributed by atoms with Crippen LogP contribution in [0.15, 0.2) is 36.8 Å². The largest absolute Gasteiger partial charge is 0.488 e. The van der Waals surface area contributed by atoms with Gasteiger partial charge in [0.05, 0.1) is 31.6 Å². The lowest BCUT2D eigenvalue weighted by molar-refractivity contribution is -0.142. The zero-order valence-corrected chi connectivity index (χ0v) is 18.4. The summed E-state index contributed by atoms with van der Waals surface area (Å²) < 4.78 is 49.9. The number of benzene rings is 1. The number of aromatic nitrogens is 3. The number of carbonyl (C=O) groups is 1. The van der Waals surface area contributed by atoms with Gasteiger partial charge in [-0.25, -0.2) is 4.98 Å². The highest BCUT2D eigenvalue weighted by atomic mass is 19.4. The third kappa shape index (κ3) is 4.64. The maximum Gasteiger partial charge on any atom is 0.408 e. The zero-order valence-electron chi connectivity index (χ0n) is 18.4. The summed E-state index contributed by atoms with van der Waals surface area (Å²) in [4.78, 5) is 18.8. The minimum Gasteiger partial charge on any atom is -0.488 e. The number of hydrogen-bond donors (Lipinski definition) is 0. The van der Waals surface area contributed by atoms with Crippen molar-refractivity contribution < 1.29 is 27.4 Å². The topological polar surface area (TPSA) is 69.5 Å². The van der Waals surface area contributed by atoms with E-state index in [1.54, 1.807) is 6.20 Å². The van der Waals surface area contributed by atoms with Crippen molar-refractivity contribution in [3.63, 3.8) is 0 Å². The fraction of sp³-hybridized carbons (Fsp3) is 0.348. The summed E-state index contributed by atoms with van der Waals surface area (Å²) in [5.41, 5.74) is 4.07. The van der Waals surface area contributed by atoms with E-state index in [2.05, 4.69) is 10.1 Å². The van der Waals surface area contributed by atoms with E-state index in [-0.39, 0.29) is 12.5 Å². The van der Waals surface area contributed by atoms with Crippen LogP contribution in [0.25, 0.3) is 11.1 Å². The third-order valence-electron chi connectivity index (χ3n) is 5.21. The van der Waals surface area contributed by atoms with Gasteiger partial charge in [0.2, 0.25) is 0 Å². The van der Waals surface area contributed by atoms with E-state index in [1.165, 1.54) is 17.3 Å². The molecule has 0 radical (unpaired) electrons. The first-order valence-corrected chi connectivity index (χ1v) is 10.5. The molecule has 0 spiro atoms. The van der Waals surface area contributed by atoms with Crippen LogP contribution in [0.1, 0.15) is 35.3 Å². The Hall–Kier alpha value is -3.56. The van der Waals surface area contributed by atoms with E-state index in [9.17, 15) is 18.0 Å². The number of pyridine rings is 1. The lowest BCUT2D eigenvalue weighted by Gasteiger charge is -2.12. The van der Waals surface area contributed by atoms with Crippen LogP contribution in [0.5, 0.6) is 11.6 Å². The number of nitrogens with zero attached hydrogens (tertiary/aromatic N) is 4. The highest BCUT2D eigenvalue weighted by molar-refractivity contribution is 6.11. The highest BCUT2D eigenvalue weighted by Gasteiger charge is 2.33. The van der Waals surface area contributed by atoms with E-state index in [1.807, 2.05) is 39.0 Å². The quantitative estimate of drug-likeness (QED) is 0.508. The Labute approximate surface area is 188 Å². The predicted molar refractivity (Wildman–Crippen MR) is 116 cm³/mol. The highest BCUT2D eigenvalue weighted by Crippen LogP contribution is 2.36. The molecule has 3 heterocycles. The number of anilines is 1. The smallest absolute Gasteiger partial charge is 0.408 e. The second-order valence-electron chi connectivity index (χ2n) is 7.62. The molecule has 0 N–H and O–H groups in total. The van der Waals surface area contributed by atoms with E-state index in [0.29, 0.717) is 36.1 Å². The van der Waals surface area contributed by atoms with Crippen molar-refractivity contribution >= 4 is 11.6 Å². The van der Waals surface area contributed by atoms with Crippen molar-refractivity contribution in [1.29, 1.82) is 0 Å².